The minimum Gasteiger partial charge on any atom is -0.368 e. The van der Waals surface area contributed by atoms with E-state index in [-0.39, 0.29) is 18.7 Å². The Kier molecular flexibility index (Phi) is 5.21. The lowest BCUT2D eigenvalue weighted by Crippen LogP contribution is -2.56. The van der Waals surface area contributed by atoms with Gasteiger partial charge in [0.05, 0.1) is 5.54 Å². The largest absolute Gasteiger partial charge is 0.405 e. The van der Waals surface area contributed by atoms with E-state index in [1.54, 1.807) is 6.07 Å². The van der Waals surface area contributed by atoms with E-state index in [0.29, 0.717) is 18.1 Å². The summed E-state index contributed by atoms with van der Waals surface area (Å²) >= 11 is 6.08. The van der Waals surface area contributed by atoms with Crippen molar-refractivity contribution in [2.24, 2.45) is 11.1 Å². The first-order valence-electron chi connectivity index (χ1n) is 9.92. The molecular weight excluding hydrogens is 434 g/mol. The average Bonchev–Trinajstić information content (AvgIpc) is 3.38. The highest BCUT2D eigenvalue weighted by Gasteiger charge is 2.84. The van der Waals surface area contributed by atoms with Crippen LogP contribution in [0.2, 0.25) is 5.02 Å². The Bertz CT molecular complexity index is 1000. The normalized spacial score (nSPS) is 26.2. The topological polar surface area (TPSA) is 49.6 Å². The molecule has 4 nitrogen and oxygen atoms in total. The molecule has 9 heteroatoms. The van der Waals surface area contributed by atoms with Crippen molar-refractivity contribution < 1.29 is 22.4 Å². The molecule has 0 aromatic heterocycles. The van der Waals surface area contributed by atoms with Crippen molar-refractivity contribution in [1.82, 2.24) is 4.90 Å². The van der Waals surface area contributed by atoms with Crippen molar-refractivity contribution in [1.29, 1.82) is 0 Å². The SMILES string of the molecule is Cc1ccc(Cl)cc1N1CCN(C(=O)[C@]2(C(F)(F)F)C[C@@]2(N)c2ccc(F)cc2)CC1. The number of nitrogens with zero attached hydrogens (tertiary/aromatic N) is 2. The van der Waals surface area contributed by atoms with Gasteiger partial charge in [0.25, 0.3) is 0 Å². The molecule has 1 aliphatic carbocycles. The maximum Gasteiger partial charge on any atom is 0.405 e. The first kappa shape index (κ1) is 21.9. The minimum absolute atomic E-state index is 0.104. The van der Waals surface area contributed by atoms with Gasteiger partial charge in [0, 0.05) is 36.9 Å². The highest BCUT2D eigenvalue weighted by Crippen LogP contribution is 2.69. The Morgan fingerprint density at radius 3 is 2.26 bits per heavy atom. The molecule has 166 valence electrons. The zero-order valence-electron chi connectivity index (χ0n) is 16.8. The summed E-state index contributed by atoms with van der Waals surface area (Å²) < 4.78 is 55.8. The second kappa shape index (κ2) is 7.38. The van der Waals surface area contributed by atoms with Gasteiger partial charge >= 0.3 is 6.18 Å². The van der Waals surface area contributed by atoms with Crippen molar-refractivity contribution in [2.75, 3.05) is 31.1 Å². The number of alkyl halides is 3. The number of hydrogen-bond acceptors (Lipinski definition) is 3. The zero-order chi connectivity index (χ0) is 22.6. The number of rotatable bonds is 3. The van der Waals surface area contributed by atoms with Gasteiger partial charge in [-0.25, -0.2) is 4.39 Å². The summed E-state index contributed by atoms with van der Waals surface area (Å²) in [6.07, 6.45) is -5.38. The van der Waals surface area contributed by atoms with Gasteiger partial charge in [0.2, 0.25) is 5.91 Å². The fourth-order valence-corrected chi connectivity index (χ4v) is 4.72. The zero-order valence-corrected chi connectivity index (χ0v) is 17.6. The maximum atomic E-state index is 14.2. The molecule has 0 bridgehead atoms. The van der Waals surface area contributed by atoms with Crippen LogP contribution >= 0.6 is 11.6 Å². The number of amides is 1. The van der Waals surface area contributed by atoms with Gasteiger partial charge in [0.1, 0.15) is 5.82 Å². The Labute approximate surface area is 182 Å². The third-order valence-electron chi connectivity index (χ3n) is 6.47. The minimum atomic E-state index is -4.83. The number of benzene rings is 2. The Morgan fingerprint density at radius 2 is 1.68 bits per heavy atom. The van der Waals surface area contributed by atoms with Crippen LogP contribution in [0.1, 0.15) is 17.5 Å². The molecule has 2 aliphatic rings. The summed E-state index contributed by atoms with van der Waals surface area (Å²) in [5, 5.41) is 0.570. The maximum absolute atomic E-state index is 14.2. The first-order valence-corrected chi connectivity index (χ1v) is 10.3. The van der Waals surface area contributed by atoms with Crippen LogP contribution in [0.5, 0.6) is 0 Å². The molecule has 0 radical (unpaired) electrons. The highest BCUT2D eigenvalue weighted by molar-refractivity contribution is 6.30. The highest BCUT2D eigenvalue weighted by atomic mass is 35.5. The van der Waals surface area contributed by atoms with Gasteiger partial charge in [-0.15, -0.1) is 0 Å². The van der Waals surface area contributed by atoms with Crippen molar-refractivity contribution in [2.45, 2.75) is 25.1 Å². The lowest BCUT2D eigenvalue weighted by molar-refractivity contribution is -0.204. The quantitative estimate of drug-likeness (QED) is 0.704. The molecule has 1 heterocycles. The van der Waals surface area contributed by atoms with Gasteiger partial charge in [-0.3, -0.25) is 4.79 Å². The number of nitrogens with two attached hydrogens (primary N) is 1. The van der Waals surface area contributed by atoms with E-state index >= 15 is 0 Å². The molecule has 0 unspecified atom stereocenters. The molecule has 2 fully saturated rings. The Hall–Kier alpha value is -2.32. The van der Waals surface area contributed by atoms with Crippen LogP contribution in [-0.2, 0) is 10.3 Å². The number of piperazine rings is 1. The molecule has 1 saturated heterocycles. The summed E-state index contributed by atoms with van der Waals surface area (Å²) in [6.45, 7) is 2.98. The van der Waals surface area contributed by atoms with E-state index < -0.39 is 35.3 Å². The number of anilines is 1. The predicted octanol–water partition coefficient (Wildman–Crippen LogP) is 4.24. The van der Waals surface area contributed by atoms with Crippen LogP contribution in [0.15, 0.2) is 42.5 Å². The molecule has 2 aromatic rings. The van der Waals surface area contributed by atoms with Crippen LogP contribution in [0.3, 0.4) is 0 Å². The fourth-order valence-electron chi connectivity index (χ4n) is 4.55. The van der Waals surface area contributed by atoms with Crippen molar-refractivity contribution in [3.63, 3.8) is 0 Å². The third kappa shape index (κ3) is 3.46. The van der Waals surface area contributed by atoms with E-state index in [0.717, 1.165) is 23.4 Å². The lowest BCUT2D eigenvalue weighted by Gasteiger charge is -2.39. The average molecular weight is 456 g/mol. The van der Waals surface area contributed by atoms with E-state index in [2.05, 4.69) is 0 Å². The standard InChI is InChI=1S/C22H22ClF4N3O/c1-14-2-5-16(23)12-18(14)29-8-10-30(11-9-29)19(31)20(22(25,26)27)13-21(20,28)15-3-6-17(24)7-4-15/h2-7,12H,8-11,13,28H2,1H3/t20-,21-/m1/s1. The number of aryl methyl sites for hydroxylation is 1. The van der Waals surface area contributed by atoms with E-state index in [1.807, 2.05) is 24.0 Å². The predicted molar refractivity (Wildman–Crippen MR) is 110 cm³/mol. The van der Waals surface area contributed by atoms with E-state index in [9.17, 15) is 22.4 Å². The summed E-state index contributed by atoms with van der Waals surface area (Å²) in [5.74, 6) is -1.60. The van der Waals surface area contributed by atoms with Gasteiger partial charge in [0.15, 0.2) is 5.41 Å². The molecule has 2 aromatic carbocycles. The van der Waals surface area contributed by atoms with Crippen LogP contribution in [-0.4, -0.2) is 43.2 Å². The molecule has 0 spiro atoms. The van der Waals surface area contributed by atoms with Crippen molar-refractivity contribution in [3.05, 3.63) is 64.4 Å². The molecule has 31 heavy (non-hydrogen) atoms. The molecular formula is C22H22ClF4N3O. The first-order chi connectivity index (χ1) is 14.5. The molecule has 1 saturated carbocycles. The van der Waals surface area contributed by atoms with E-state index in [4.69, 9.17) is 17.3 Å². The van der Waals surface area contributed by atoms with E-state index in [1.165, 1.54) is 17.0 Å². The number of carbonyl (C=O) groups excluding carboxylic acids is 1. The van der Waals surface area contributed by atoms with Crippen LogP contribution in [0.4, 0.5) is 23.2 Å². The third-order valence-corrected chi connectivity index (χ3v) is 6.70. The van der Waals surface area contributed by atoms with Gasteiger partial charge < -0.3 is 15.5 Å². The monoisotopic (exact) mass is 455 g/mol. The number of carbonyl (C=O) groups is 1. The van der Waals surface area contributed by atoms with Gasteiger partial charge in [-0.2, -0.15) is 13.2 Å². The van der Waals surface area contributed by atoms with Gasteiger partial charge in [-0.1, -0.05) is 29.8 Å². The second-order valence-corrected chi connectivity index (χ2v) is 8.70. The van der Waals surface area contributed by atoms with Gasteiger partial charge in [-0.05, 0) is 48.7 Å². The Balaban J connectivity index is 1.55. The molecule has 1 amide bonds. The molecule has 4 rings (SSSR count). The fraction of sp³-hybridized carbons (Fsp3) is 0.409. The number of hydrogen-bond donors (Lipinski definition) is 1. The summed E-state index contributed by atoms with van der Waals surface area (Å²) in [5.41, 5.74) is 3.52. The summed E-state index contributed by atoms with van der Waals surface area (Å²) in [7, 11) is 0. The molecule has 2 atom stereocenters. The van der Waals surface area contributed by atoms with Crippen molar-refractivity contribution >= 4 is 23.2 Å². The number of halogens is 5. The van der Waals surface area contributed by atoms with Crippen LogP contribution < -0.4 is 10.6 Å². The lowest BCUT2D eigenvalue weighted by atomic mass is 9.91. The second-order valence-electron chi connectivity index (χ2n) is 8.27. The van der Waals surface area contributed by atoms with Crippen LogP contribution in [0, 0.1) is 18.2 Å². The Morgan fingerprint density at radius 1 is 1.06 bits per heavy atom. The van der Waals surface area contributed by atoms with Crippen LogP contribution in [0.25, 0.3) is 0 Å². The summed E-state index contributed by atoms with van der Waals surface area (Å²) in [4.78, 5) is 16.4. The molecule has 2 N–H and O–H groups in total. The summed E-state index contributed by atoms with van der Waals surface area (Å²) in [6, 6.07) is 10.0. The smallest absolute Gasteiger partial charge is 0.368 e. The molecule has 1 aliphatic heterocycles. The van der Waals surface area contributed by atoms with Crippen molar-refractivity contribution in [3.8, 4) is 0 Å².